The van der Waals surface area contributed by atoms with Crippen LogP contribution < -0.4 is 0 Å². The van der Waals surface area contributed by atoms with Crippen molar-refractivity contribution in [1.29, 1.82) is 0 Å². The number of nitrogens with zero attached hydrogens (tertiary/aromatic N) is 2. The number of rotatable bonds is 7. The normalized spacial score (nSPS) is 11.4. The minimum Gasteiger partial charge on any atom is -0.465 e. The Morgan fingerprint density at radius 3 is 2.89 bits per heavy atom. The first-order chi connectivity index (χ1) is 8.52. The van der Waals surface area contributed by atoms with Crippen LogP contribution in [-0.2, 0) is 19.6 Å². The number of esters is 1. The van der Waals surface area contributed by atoms with Gasteiger partial charge in [0.1, 0.15) is 11.4 Å². The quantitative estimate of drug-likeness (QED) is 0.564. The van der Waals surface area contributed by atoms with Crippen molar-refractivity contribution in [3.05, 3.63) is 25.0 Å². The molecule has 0 aliphatic rings. The molecule has 0 aliphatic heterocycles. The number of hydrogen-bond donors (Lipinski definition) is 1. The summed E-state index contributed by atoms with van der Waals surface area (Å²) in [5.74, 6) is -0.605. The molecule has 1 N–H and O–H groups in total. The Morgan fingerprint density at radius 2 is 2.39 bits per heavy atom. The van der Waals surface area contributed by atoms with Gasteiger partial charge in [0, 0.05) is 12.7 Å². The second-order valence-electron chi connectivity index (χ2n) is 3.33. The van der Waals surface area contributed by atoms with Gasteiger partial charge in [-0.1, -0.05) is 6.08 Å². The van der Waals surface area contributed by atoms with E-state index in [4.69, 9.17) is 4.74 Å². The third-order valence-electron chi connectivity index (χ3n) is 2.05. The Bertz CT molecular complexity index is 495. The summed E-state index contributed by atoms with van der Waals surface area (Å²) >= 11 is 0. The fourth-order valence-electron chi connectivity index (χ4n) is 1.27. The number of nitrogens with one attached hydrogen (secondary N) is 1. The first-order valence-electron chi connectivity index (χ1n) is 5.27. The standard InChI is InChI=1S/C10H15N3O4S/c1-3-5-13(8-10(14)17-4-2)18(15,16)9-6-11-12-7-9/h3,6-7H,1,4-5,8H2,2H3,(H,11,12). The molecule has 7 nitrogen and oxygen atoms in total. The molecule has 1 heterocycles. The highest BCUT2D eigenvalue weighted by Crippen LogP contribution is 2.13. The predicted molar refractivity (Wildman–Crippen MR) is 64.2 cm³/mol. The van der Waals surface area contributed by atoms with Crippen molar-refractivity contribution < 1.29 is 17.9 Å². The Balaban J connectivity index is 2.91. The molecule has 0 aliphatic carbocycles. The molecule has 1 rings (SSSR count). The fraction of sp³-hybridized carbons (Fsp3) is 0.400. The van der Waals surface area contributed by atoms with Crippen LogP contribution in [0.3, 0.4) is 0 Å². The van der Waals surface area contributed by atoms with Crippen LogP contribution in [0.15, 0.2) is 29.9 Å². The molecule has 0 amide bonds. The molecular weight excluding hydrogens is 258 g/mol. The lowest BCUT2D eigenvalue weighted by Gasteiger charge is -2.18. The van der Waals surface area contributed by atoms with Gasteiger partial charge in [-0.3, -0.25) is 9.89 Å². The highest BCUT2D eigenvalue weighted by molar-refractivity contribution is 7.89. The number of sulfonamides is 1. The average Bonchev–Trinajstić information content (AvgIpc) is 2.82. The van der Waals surface area contributed by atoms with Crippen molar-refractivity contribution in [1.82, 2.24) is 14.5 Å². The van der Waals surface area contributed by atoms with Gasteiger partial charge in [-0.15, -0.1) is 6.58 Å². The first kappa shape index (κ1) is 14.4. The lowest BCUT2D eigenvalue weighted by molar-refractivity contribution is -0.143. The number of carbonyl (C=O) groups excluding carboxylic acids is 1. The number of ether oxygens (including phenoxy) is 1. The fourth-order valence-corrected chi connectivity index (χ4v) is 2.53. The Morgan fingerprint density at radius 1 is 1.67 bits per heavy atom. The molecule has 100 valence electrons. The maximum atomic E-state index is 12.1. The van der Waals surface area contributed by atoms with Gasteiger partial charge in [-0.2, -0.15) is 9.40 Å². The molecule has 0 unspecified atom stereocenters. The van der Waals surface area contributed by atoms with Crippen molar-refractivity contribution in [2.45, 2.75) is 11.8 Å². The molecule has 0 spiro atoms. The van der Waals surface area contributed by atoms with E-state index < -0.39 is 16.0 Å². The summed E-state index contributed by atoms with van der Waals surface area (Å²) in [6, 6.07) is 0. The molecule has 0 saturated carbocycles. The molecule has 1 aromatic rings. The van der Waals surface area contributed by atoms with Crippen molar-refractivity contribution >= 4 is 16.0 Å². The monoisotopic (exact) mass is 273 g/mol. The molecule has 0 aromatic carbocycles. The lowest BCUT2D eigenvalue weighted by atomic mass is 10.5. The molecule has 0 radical (unpaired) electrons. The summed E-state index contributed by atoms with van der Waals surface area (Å²) in [5.41, 5.74) is 0. The van der Waals surface area contributed by atoms with Gasteiger partial charge in [0.25, 0.3) is 0 Å². The lowest BCUT2D eigenvalue weighted by Crippen LogP contribution is -2.36. The number of carbonyl (C=O) groups is 1. The van der Waals surface area contributed by atoms with Crippen LogP contribution in [0.5, 0.6) is 0 Å². The van der Waals surface area contributed by atoms with Crippen molar-refractivity contribution in [2.24, 2.45) is 0 Å². The minimum absolute atomic E-state index is 0.00588. The SMILES string of the molecule is C=CCN(CC(=O)OCC)S(=O)(=O)c1cn[nH]c1. The van der Waals surface area contributed by atoms with Gasteiger partial charge >= 0.3 is 5.97 Å². The van der Waals surface area contributed by atoms with Gasteiger partial charge in [0.05, 0.1) is 12.8 Å². The van der Waals surface area contributed by atoms with Crippen LogP contribution in [0.4, 0.5) is 0 Å². The van der Waals surface area contributed by atoms with E-state index in [0.717, 1.165) is 4.31 Å². The smallest absolute Gasteiger partial charge is 0.321 e. The van der Waals surface area contributed by atoms with Gasteiger partial charge in [0.2, 0.25) is 10.0 Å². The second kappa shape index (κ2) is 6.31. The van der Waals surface area contributed by atoms with Gasteiger partial charge in [-0.05, 0) is 6.92 Å². The zero-order valence-electron chi connectivity index (χ0n) is 10.00. The van der Waals surface area contributed by atoms with Gasteiger partial charge in [-0.25, -0.2) is 8.42 Å². The van der Waals surface area contributed by atoms with E-state index in [2.05, 4.69) is 16.8 Å². The molecule has 18 heavy (non-hydrogen) atoms. The van der Waals surface area contributed by atoms with E-state index in [1.54, 1.807) is 6.92 Å². The summed E-state index contributed by atoms with van der Waals surface area (Å²) < 4.78 is 30.0. The highest BCUT2D eigenvalue weighted by atomic mass is 32.2. The van der Waals surface area contributed by atoms with Gasteiger partial charge in [0.15, 0.2) is 0 Å². The predicted octanol–water partition coefficient (Wildman–Crippen LogP) is 0.149. The number of aromatic amines is 1. The molecular formula is C10H15N3O4S. The largest absolute Gasteiger partial charge is 0.465 e. The Kier molecular flexibility index (Phi) is 5.05. The molecule has 0 saturated heterocycles. The zero-order chi connectivity index (χ0) is 13.6. The van der Waals surface area contributed by atoms with Crippen LogP contribution in [-0.4, -0.2) is 48.6 Å². The summed E-state index contributed by atoms with van der Waals surface area (Å²) in [6.45, 7) is 4.99. The summed E-state index contributed by atoms with van der Waals surface area (Å²) in [5, 5.41) is 5.99. The second-order valence-corrected chi connectivity index (χ2v) is 5.26. The Hall–Kier alpha value is -1.67. The van der Waals surface area contributed by atoms with Crippen molar-refractivity contribution in [3.8, 4) is 0 Å². The zero-order valence-corrected chi connectivity index (χ0v) is 10.8. The summed E-state index contributed by atoms with van der Waals surface area (Å²) in [4.78, 5) is 11.4. The number of H-pyrrole nitrogens is 1. The van der Waals surface area contributed by atoms with Crippen LogP contribution in [0, 0.1) is 0 Å². The molecule has 8 heteroatoms. The van der Waals surface area contributed by atoms with E-state index in [1.165, 1.54) is 18.5 Å². The molecule has 0 fully saturated rings. The molecule has 0 atom stereocenters. The third-order valence-corrected chi connectivity index (χ3v) is 3.83. The van der Waals surface area contributed by atoms with Crippen LogP contribution >= 0.6 is 0 Å². The van der Waals surface area contributed by atoms with Crippen molar-refractivity contribution in [3.63, 3.8) is 0 Å². The minimum atomic E-state index is -3.77. The molecule has 0 bridgehead atoms. The molecule has 1 aromatic heterocycles. The van der Waals surface area contributed by atoms with Crippen molar-refractivity contribution in [2.75, 3.05) is 19.7 Å². The van der Waals surface area contributed by atoms with E-state index >= 15 is 0 Å². The number of aromatic nitrogens is 2. The maximum absolute atomic E-state index is 12.1. The highest BCUT2D eigenvalue weighted by Gasteiger charge is 2.26. The maximum Gasteiger partial charge on any atom is 0.321 e. The number of hydrogen-bond acceptors (Lipinski definition) is 5. The summed E-state index contributed by atoms with van der Waals surface area (Å²) in [7, 11) is -3.77. The first-order valence-corrected chi connectivity index (χ1v) is 6.71. The van der Waals surface area contributed by atoms with E-state index in [0.29, 0.717) is 0 Å². The van der Waals surface area contributed by atoms with Crippen LogP contribution in [0.1, 0.15) is 6.92 Å². The van der Waals surface area contributed by atoms with E-state index in [-0.39, 0.29) is 24.6 Å². The Labute approximate surface area is 105 Å². The van der Waals surface area contributed by atoms with E-state index in [9.17, 15) is 13.2 Å². The third kappa shape index (κ3) is 3.41. The topological polar surface area (TPSA) is 92.4 Å². The van der Waals surface area contributed by atoms with E-state index in [1.807, 2.05) is 0 Å². The summed E-state index contributed by atoms with van der Waals surface area (Å²) in [6.07, 6.45) is 3.82. The van der Waals surface area contributed by atoms with Gasteiger partial charge < -0.3 is 4.74 Å². The average molecular weight is 273 g/mol. The van der Waals surface area contributed by atoms with Crippen LogP contribution in [0.25, 0.3) is 0 Å². The van der Waals surface area contributed by atoms with Crippen LogP contribution in [0.2, 0.25) is 0 Å².